The van der Waals surface area contributed by atoms with Crippen LogP contribution in [0.15, 0.2) is 48.5 Å². The van der Waals surface area contributed by atoms with Crippen LogP contribution in [0.2, 0.25) is 5.02 Å². The molecule has 0 bridgehead atoms. The van der Waals surface area contributed by atoms with Gasteiger partial charge < -0.3 is 14.8 Å². The van der Waals surface area contributed by atoms with Gasteiger partial charge in [-0.25, -0.2) is 0 Å². The van der Waals surface area contributed by atoms with Crippen molar-refractivity contribution in [3.63, 3.8) is 0 Å². The van der Waals surface area contributed by atoms with Crippen molar-refractivity contribution >= 4 is 29.2 Å². The van der Waals surface area contributed by atoms with Gasteiger partial charge in [-0.3, -0.25) is 9.59 Å². The zero-order chi connectivity index (χ0) is 16.7. The van der Waals surface area contributed by atoms with E-state index in [1.54, 1.807) is 42.5 Å². The molecule has 2 aromatic rings. The molecule has 0 atom stereocenters. The molecule has 1 amide bonds. The van der Waals surface area contributed by atoms with Crippen LogP contribution < -0.4 is 10.1 Å². The average molecular weight is 334 g/mol. The number of anilines is 1. The van der Waals surface area contributed by atoms with Crippen LogP contribution in [0.5, 0.6) is 5.75 Å². The Balaban J connectivity index is 1.84. The lowest BCUT2D eigenvalue weighted by atomic mass is 10.1. The van der Waals surface area contributed by atoms with Gasteiger partial charge in [-0.2, -0.15) is 0 Å². The Morgan fingerprint density at radius 1 is 1.09 bits per heavy atom. The highest BCUT2D eigenvalue weighted by molar-refractivity contribution is 6.33. The summed E-state index contributed by atoms with van der Waals surface area (Å²) >= 11 is 5.94. The first-order valence-corrected chi connectivity index (χ1v) is 7.30. The van der Waals surface area contributed by atoms with Gasteiger partial charge in [-0.1, -0.05) is 41.9 Å². The van der Waals surface area contributed by atoms with Gasteiger partial charge >= 0.3 is 5.97 Å². The molecule has 0 saturated carbocycles. The molecule has 1 N–H and O–H groups in total. The van der Waals surface area contributed by atoms with Crippen molar-refractivity contribution in [3.05, 3.63) is 59.1 Å². The maximum atomic E-state index is 11.8. The molecule has 6 heteroatoms. The summed E-state index contributed by atoms with van der Waals surface area (Å²) in [5.41, 5.74) is 1.17. The zero-order valence-corrected chi connectivity index (χ0v) is 13.3. The number of para-hydroxylation sites is 2. The molecule has 0 unspecified atom stereocenters. The molecule has 23 heavy (non-hydrogen) atoms. The predicted octanol–water partition coefficient (Wildman–Crippen LogP) is 3.07. The summed E-state index contributed by atoms with van der Waals surface area (Å²) < 4.78 is 10.1. The van der Waals surface area contributed by atoms with E-state index in [-0.39, 0.29) is 13.0 Å². The Hall–Kier alpha value is -2.53. The standard InChI is InChI=1S/C17H16ClNO4/c1-22-15-9-5-2-6-12(15)10-17(21)23-11-16(20)19-14-8-4-3-7-13(14)18/h2-9H,10-11H2,1H3,(H,19,20). The van der Waals surface area contributed by atoms with Gasteiger partial charge in [-0.05, 0) is 18.2 Å². The minimum absolute atomic E-state index is 0.0311. The van der Waals surface area contributed by atoms with E-state index >= 15 is 0 Å². The smallest absolute Gasteiger partial charge is 0.310 e. The van der Waals surface area contributed by atoms with Crippen LogP contribution in [0, 0.1) is 0 Å². The first kappa shape index (κ1) is 16.8. The number of esters is 1. The normalized spacial score (nSPS) is 10.0. The minimum Gasteiger partial charge on any atom is -0.496 e. The van der Waals surface area contributed by atoms with Crippen LogP contribution in [-0.2, 0) is 20.7 Å². The van der Waals surface area contributed by atoms with Crippen molar-refractivity contribution in [2.45, 2.75) is 6.42 Å². The third-order valence-electron chi connectivity index (χ3n) is 3.04. The first-order valence-electron chi connectivity index (χ1n) is 6.92. The molecule has 0 aliphatic carbocycles. The molecule has 0 aliphatic rings. The number of halogens is 1. The Bertz CT molecular complexity index is 702. The van der Waals surface area contributed by atoms with Crippen LogP contribution in [0.4, 0.5) is 5.69 Å². The van der Waals surface area contributed by atoms with Crippen molar-refractivity contribution < 1.29 is 19.1 Å². The molecule has 0 spiro atoms. The molecule has 120 valence electrons. The summed E-state index contributed by atoms with van der Waals surface area (Å²) in [6.07, 6.45) is 0.0311. The lowest BCUT2D eigenvalue weighted by Gasteiger charge is -2.09. The van der Waals surface area contributed by atoms with Gasteiger partial charge in [0.05, 0.1) is 24.2 Å². The Kier molecular flexibility index (Phi) is 6.00. The molecule has 5 nitrogen and oxygen atoms in total. The number of amides is 1. The fourth-order valence-electron chi connectivity index (χ4n) is 1.95. The number of rotatable bonds is 6. The fourth-order valence-corrected chi connectivity index (χ4v) is 2.13. The van der Waals surface area contributed by atoms with E-state index in [1.165, 1.54) is 7.11 Å². The van der Waals surface area contributed by atoms with E-state index in [0.29, 0.717) is 22.0 Å². The second kappa shape index (κ2) is 8.19. The Morgan fingerprint density at radius 3 is 2.52 bits per heavy atom. The molecule has 0 heterocycles. The van der Waals surface area contributed by atoms with Crippen molar-refractivity contribution in [1.29, 1.82) is 0 Å². The Labute approximate surface area is 139 Å². The van der Waals surface area contributed by atoms with Crippen molar-refractivity contribution in [1.82, 2.24) is 0 Å². The molecule has 0 aliphatic heterocycles. The summed E-state index contributed by atoms with van der Waals surface area (Å²) in [6, 6.07) is 14.0. The molecule has 0 aromatic heterocycles. The highest BCUT2D eigenvalue weighted by atomic mass is 35.5. The highest BCUT2D eigenvalue weighted by Gasteiger charge is 2.12. The lowest BCUT2D eigenvalue weighted by molar-refractivity contribution is -0.146. The summed E-state index contributed by atoms with van der Waals surface area (Å²) in [6.45, 7) is -0.376. The summed E-state index contributed by atoms with van der Waals surface area (Å²) in [5, 5.41) is 3.00. The van der Waals surface area contributed by atoms with Crippen LogP contribution in [0.3, 0.4) is 0 Å². The number of carbonyl (C=O) groups excluding carboxylic acids is 2. The van der Waals surface area contributed by atoms with Crippen molar-refractivity contribution in [2.75, 3.05) is 19.0 Å². The molecule has 0 fully saturated rings. The SMILES string of the molecule is COc1ccccc1CC(=O)OCC(=O)Nc1ccccc1Cl. The largest absolute Gasteiger partial charge is 0.496 e. The molecule has 2 aromatic carbocycles. The van der Waals surface area contributed by atoms with Gasteiger partial charge in [0.2, 0.25) is 0 Å². The van der Waals surface area contributed by atoms with Gasteiger partial charge in [0.25, 0.3) is 5.91 Å². The van der Waals surface area contributed by atoms with E-state index in [1.807, 2.05) is 6.07 Å². The predicted molar refractivity (Wildman–Crippen MR) is 87.7 cm³/mol. The average Bonchev–Trinajstić information content (AvgIpc) is 2.55. The maximum Gasteiger partial charge on any atom is 0.310 e. The number of hydrogen-bond acceptors (Lipinski definition) is 4. The molecule has 0 saturated heterocycles. The maximum absolute atomic E-state index is 11.8. The van der Waals surface area contributed by atoms with E-state index in [4.69, 9.17) is 21.1 Å². The first-order chi connectivity index (χ1) is 11.1. The van der Waals surface area contributed by atoms with Crippen molar-refractivity contribution in [3.8, 4) is 5.75 Å². The van der Waals surface area contributed by atoms with Crippen LogP contribution in [-0.4, -0.2) is 25.6 Å². The summed E-state index contributed by atoms with van der Waals surface area (Å²) in [4.78, 5) is 23.6. The van der Waals surface area contributed by atoms with Gasteiger partial charge in [0.1, 0.15) is 5.75 Å². The van der Waals surface area contributed by atoms with Crippen LogP contribution in [0.25, 0.3) is 0 Å². The fraction of sp³-hybridized carbons (Fsp3) is 0.176. The monoisotopic (exact) mass is 333 g/mol. The summed E-state index contributed by atoms with van der Waals surface area (Å²) in [7, 11) is 1.53. The molecular weight excluding hydrogens is 318 g/mol. The number of methoxy groups -OCH3 is 1. The third kappa shape index (κ3) is 5.00. The number of carbonyl (C=O) groups is 2. The number of benzene rings is 2. The van der Waals surface area contributed by atoms with E-state index < -0.39 is 11.9 Å². The topological polar surface area (TPSA) is 64.6 Å². The van der Waals surface area contributed by atoms with Gasteiger partial charge in [0, 0.05) is 5.56 Å². The molecule has 2 rings (SSSR count). The van der Waals surface area contributed by atoms with Crippen molar-refractivity contribution in [2.24, 2.45) is 0 Å². The van der Waals surface area contributed by atoms with E-state index in [0.717, 1.165) is 0 Å². The third-order valence-corrected chi connectivity index (χ3v) is 3.37. The highest BCUT2D eigenvalue weighted by Crippen LogP contribution is 2.20. The quantitative estimate of drug-likeness (QED) is 0.825. The van der Waals surface area contributed by atoms with Gasteiger partial charge in [-0.15, -0.1) is 0 Å². The van der Waals surface area contributed by atoms with E-state index in [9.17, 15) is 9.59 Å². The van der Waals surface area contributed by atoms with Gasteiger partial charge in [0.15, 0.2) is 6.61 Å². The van der Waals surface area contributed by atoms with E-state index in [2.05, 4.69) is 5.32 Å². The molecule has 0 radical (unpaired) electrons. The lowest BCUT2D eigenvalue weighted by Crippen LogP contribution is -2.21. The van der Waals surface area contributed by atoms with Crippen LogP contribution >= 0.6 is 11.6 Å². The second-order valence-corrected chi connectivity index (χ2v) is 5.08. The summed E-state index contributed by atoms with van der Waals surface area (Å²) in [5.74, 6) is -0.361. The molecular formula is C17H16ClNO4. The number of nitrogens with one attached hydrogen (secondary N) is 1. The second-order valence-electron chi connectivity index (χ2n) is 4.68. The minimum atomic E-state index is -0.510. The number of ether oxygens (including phenoxy) is 2. The Morgan fingerprint density at radius 2 is 1.78 bits per heavy atom. The zero-order valence-electron chi connectivity index (χ0n) is 12.5. The van der Waals surface area contributed by atoms with Crippen LogP contribution in [0.1, 0.15) is 5.56 Å². The number of hydrogen-bond donors (Lipinski definition) is 1.